The fourth-order valence-electron chi connectivity index (χ4n) is 2.74. The van der Waals surface area contributed by atoms with Gasteiger partial charge in [0.25, 0.3) is 0 Å². The molecule has 0 saturated heterocycles. The highest BCUT2D eigenvalue weighted by molar-refractivity contribution is 6.02. The molecule has 0 saturated carbocycles. The van der Waals surface area contributed by atoms with Crippen molar-refractivity contribution in [1.29, 1.82) is 0 Å². The number of nitrogens with two attached hydrogens (primary N) is 1. The molecule has 20 heavy (non-hydrogen) atoms. The normalized spacial score (nSPS) is 11.5. The van der Waals surface area contributed by atoms with Crippen LogP contribution in [-0.4, -0.2) is 21.1 Å². The standard InChI is InChI=1S/C16H20N4/c1-2-15-19-14-11-18-13-8-4-3-7-12(13)16(14)20(15)10-6-5-9-17/h3-4,7-8,11H,2,5-6,9-10,17H2,1H3. The van der Waals surface area contributed by atoms with Crippen molar-refractivity contribution in [1.82, 2.24) is 14.5 Å². The van der Waals surface area contributed by atoms with Gasteiger partial charge in [-0.1, -0.05) is 25.1 Å². The Bertz CT molecular complexity index is 730. The lowest BCUT2D eigenvalue weighted by Crippen LogP contribution is -2.06. The van der Waals surface area contributed by atoms with Crippen molar-refractivity contribution in [2.75, 3.05) is 6.54 Å². The number of nitrogens with zero attached hydrogens (tertiary/aromatic N) is 3. The molecule has 0 unspecified atom stereocenters. The first-order valence-corrected chi connectivity index (χ1v) is 7.28. The largest absolute Gasteiger partial charge is 0.330 e. The molecule has 4 heteroatoms. The summed E-state index contributed by atoms with van der Waals surface area (Å²) in [5.74, 6) is 1.13. The number of benzene rings is 1. The van der Waals surface area contributed by atoms with Gasteiger partial charge in [0, 0.05) is 18.4 Å². The molecule has 0 fully saturated rings. The van der Waals surface area contributed by atoms with E-state index in [0.717, 1.165) is 49.2 Å². The zero-order valence-electron chi connectivity index (χ0n) is 11.8. The van der Waals surface area contributed by atoms with E-state index >= 15 is 0 Å². The second kappa shape index (κ2) is 5.59. The number of fused-ring (bicyclic) bond motifs is 3. The summed E-state index contributed by atoms with van der Waals surface area (Å²) in [5.41, 5.74) is 8.84. The molecule has 2 N–H and O–H groups in total. The van der Waals surface area contributed by atoms with E-state index in [-0.39, 0.29) is 0 Å². The minimum Gasteiger partial charge on any atom is -0.330 e. The summed E-state index contributed by atoms with van der Waals surface area (Å²) in [6, 6.07) is 8.27. The summed E-state index contributed by atoms with van der Waals surface area (Å²) in [5, 5.41) is 1.19. The summed E-state index contributed by atoms with van der Waals surface area (Å²) in [6.45, 7) is 3.87. The first-order chi connectivity index (χ1) is 9.85. The van der Waals surface area contributed by atoms with E-state index in [1.54, 1.807) is 0 Å². The van der Waals surface area contributed by atoms with Gasteiger partial charge in [-0.3, -0.25) is 4.98 Å². The molecule has 0 spiro atoms. The smallest absolute Gasteiger partial charge is 0.109 e. The van der Waals surface area contributed by atoms with Crippen LogP contribution in [0, 0.1) is 0 Å². The van der Waals surface area contributed by atoms with Gasteiger partial charge in [0.1, 0.15) is 11.3 Å². The Morgan fingerprint density at radius 3 is 2.80 bits per heavy atom. The minimum absolute atomic E-state index is 0.746. The molecule has 0 bridgehead atoms. The summed E-state index contributed by atoms with van der Waals surface area (Å²) < 4.78 is 2.34. The highest BCUT2D eigenvalue weighted by atomic mass is 15.1. The molecule has 3 rings (SSSR count). The first-order valence-electron chi connectivity index (χ1n) is 7.28. The lowest BCUT2D eigenvalue weighted by Gasteiger charge is -2.09. The summed E-state index contributed by atoms with van der Waals surface area (Å²) in [6.07, 6.45) is 4.96. The Labute approximate surface area is 118 Å². The summed E-state index contributed by atoms with van der Waals surface area (Å²) in [4.78, 5) is 9.23. The van der Waals surface area contributed by atoms with Crippen LogP contribution in [0.4, 0.5) is 0 Å². The van der Waals surface area contributed by atoms with Crippen LogP contribution < -0.4 is 5.73 Å². The molecule has 2 heterocycles. The van der Waals surface area contributed by atoms with Crippen molar-refractivity contribution in [2.24, 2.45) is 5.73 Å². The molecule has 0 amide bonds. The number of rotatable bonds is 5. The maximum Gasteiger partial charge on any atom is 0.109 e. The number of hydrogen-bond acceptors (Lipinski definition) is 3. The Morgan fingerprint density at radius 2 is 2.00 bits per heavy atom. The number of unbranched alkanes of at least 4 members (excludes halogenated alkanes) is 1. The fourth-order valence-corrected chi connectivity index (χ4v) is 2.74. The Morgan fingerprint density at radius 1 is 1.15 bits per heavy atom. The van der Waals surface area contributed by atoms with Gasteiger partial charge in [0.2, 0.25) is 0 Å². The quantitative estimate of drug-likeness (QED) is 0.724. The van der Waals surface area contributed by atoms with Crippen molar-refractivity contribution in [3.05, 3.63) is 36.3 Å². The third-order valence-corrected chi connectivity index (χ3v) is 3.71. The number of aryl methyl sites for hydroxylation is 2. The lowest BCUT2D eigenvalue weighted by molar-refractivity contribution is 0.606. The Kier molecular flexibility index (Phi) is 3.65. The highest BCUT2D eigenvalue weighted by Crippen LogP contribution is 2.25. The SMILES string of the molecule is CCc1nc2cnc3ccccc3c2n1CCCCN. The number of pyridine rings is 1. The van der Waals surface area contributed by atoms with E-state index in [0.29, 0.717) is 0 Å². The van der Waals surface area contributed by atoms with Gasteiger partial charge in [-0.05, 0) is 25.5 Å². The van der Waals surface area contributed by atoms with Gasteiger partial charge < -0.3 is 10.3 Å². The molecule has 0 radical (unpaired) electrons. The molecule has 0 atom stereocenters. The van der Waals surface area contributed by atoms with Gasteiger partial charge in [-0.15, -0.1) is 0 Å². The number of para-hydroxylation sites is 1. The fraction of sp³-hybridized carbons (Fsp3) is 0.375. The number of hydrogen-bond donors (Lipinski definition) is 1. The topological polar surface area (TPSA) is 56.7 Å². The zero-order chi connectivity index (χ0) is 13.9. The van der Waals surface area contributed by atoms with Crippen LogP contribution in [0.3, 0.4) is 0 Å². The number of imidazole rings is 1. The van der Waals surface area contributed by atoms with E-state index in [1.807, 2.05) is 12.3 Å². The van der Waals surface area contributed by atoms with Gasteiger partial charge in [0.05, 0.1) is 17.2 Å². The number of aromatic nitrogens is 3. The van der Waals surface area contributed by atoms with Crippen LogP contribution in [0.5, 0.6) is 0 Å². The molecular formula is C16H20N4. The zero-order valence-corrected chi connectivity index (χ0v) is 11.8. The van der Waals surface area contributed by atoms with Crippen molar-refractivity contribution < 1.29 is 0 Å². The molecular weight excluding hydrogens is 248 g/mol. The third-order valence-electron chi connectivity index (χ3n) is 3.71. The molecule has 0 aliphatic rings. The first kappa shape index (κ1) is 13.1. The van der Waals surface area contributed by atoms with E-state index in [4.69, 9.17) is 10.7 Å². The predicted octanol–water partition coefficient (Wildman–Crippen LogP) is 2.89. The van der Waals surface area contributed by atoms with Crippen molar-refractivity contribution in [3.8, 4) is 0 Å². The molecule has 2 aromatic heterocycles. The second-order valence-corrected chi connectivity index (χ2v) is 5.04. The lowest BCUT2D eigenvalue weighted by atomic mass is 10.2. The van der Waals surface area contributed by atoms with Crippen LogP contribution in [0.2, 0.25) is 0 Å². The average molecular weight is 268 g/mol. The van der Waals surface area contributed by atoms with Gasteiger partial charge in [-0.25, -0.2) is 4.98 Å². The molecule has 3 aromatic rings. The van der Waals surface area contributed by atoms with Crippen LogP contribution in [0.15, 0.2) is 30.5 Å². The van der Waals surface area contributed by atoms with Crippen molar-refractivity contribution in [3.63, 3.8) is 0 Å². The highest BCUT2D eigenvalue weighted by Gasteiger charge is 2.12. The molecule has 4 nitrogen and oxygen atoms in total. The average Bonchev–Trinajstić information content (AvgIpc) is 2.86. The van der Waals surface area contributed by atoms with E-state index < -0.39 is 0 Å². The molecule has 1 aromatic carbocycles. The third kappa shape index (κ3) is 2.16. The van der Waals surface area contributed by atoms with Crippen LogP contribution in [-0.2, 0) is 13.0 Å². The predicted molar refractivity (Wildman–Crippen MR) is 82.7 cm³/mol. The maximum absolute atomic E-state index is 5.61. The van der Waals surface area contributed by atoms with Gasteiger partial charge in [-0.2, -0.15) is 0 Å². The van der Waals surface area contributed by atoms with Crippen LogP contribution in [0.25, 0.3) is 21.9 Å². The van der Waals surface area contributed by atoms with Crippen molar-refractivity contribution in [2.45, 2.75) is 32.7 Å². The second-order valence-electron chi connectivity index (χ2n) is 5.04. The molecule has 0 aliphatic heterocycles. The van der Waals surface area contributed by atoms with E-state index in [2.05, 4.69) is 34.7 Å². The van der Waals surface area contributed by atoms with E-state index in [1.165, 1.54) is 10.9 Å². The molecule has 0 aliphatic carbocycles. The monoisotopic (exact) mass is 268 g/mol. The molecule has 104 valence electrons. The summed E-state index contributed by atoms with van der Waals surface area (Å²) >= 11 is 0. The van der Waals surface area contributed by atoms with Crippen LogP contribution in [0.1, 0.15) is 25.6 Å². The van der Waals surface area contributed by atoms with E-state index in [9.17, 15) is 0 Å². The maximum atomic E-state index is 5.61. The Balaban J connectivity index is 2.20. The summed E-state index contributed by atoms with van der Waals surface area (Å²) in [7, 11) is 0. The van der Waals surface area contributed by atoms with Gasteiger partial charge >= 0.3 is 0 Å². The Hall–Kier alpha value is -1.94. The van der Waals surface area contributed by atoms with Crippen LogP contribution >= 0.6 is 0 Å². The van der Waals surface area contributed by atoms with Crippen molar-refractivity contribution >= 4 is 21.9 Å². The van der Waals surface area contributed by atoms with Gasteiger partial charge in [0.15, 0.2) is 0 Å². The minimum atomic E-state index is 0.746.